The zero-order valence-corrected chi connectivity index (χ0v) is 12.1. The normalized spacial score (nSPS) is 26.6. The van der Waals surface area contributed by atoms with Crippen LogP contribution in [0, 0.1) is 29.1 Å². The van der Waals surface area contributed by atoms with Crippen LogP contribution in [0.2, 0.25) is 0 Å². The quantitative estimate of drug-likeness (QED) is 0.926. The molecule has 1 aromatic heterocycles. The van der Waals surface area contributed by atoms with Crippen LogP contribution in [0.3, 0.4) is 0 Å². The average Bonchev–Trinajstić information content (AvgIpc) is 3.38. The molecule has 2 saturated carbocycles. The van der Waals surface area contributed by atoms with Crippen molar-refractivity contribution in [3.05, 3.63) is 22.9 Å². The van der Waals surface area contributed by atoms with Gasteiger partial charge in [-0.25, -0.2) is 4.98 Å². The van der Waals surface area contributed by atoms with E-state index >= 15 is 0 Å². The molecule has 3 aliphatic rings. The van der Waals surface area contributed by atoms with Gasteiger partial charge in [-0.1, -0.05) is 0 Å². The Labute approximate surface area is 124 Å². The van der Waals surface area contributed by atoms with Gasteiger partial charge in [0.05, 0.1) is 5.56 Å². The van der Waals surface area contributed by atoms with Gasteiger partial charge in [0.25, 0.3) is 0 Å². The second kappa shape index (κ2) is 4.84. The van der Waals surface area contributed by atoms with Crippen LogP contribution in [0.1, 0.15) is 48.9 Å². The Balaban J connectivity index is 1.53. The SMILES string of the molecule is N#Cc1cc2c(nc1NC(=O)[C@H]1C[C@@H]1C1CC1)CCCC2. The number of hydrogen-bond donors (Lipinski definition) is 1. The van der Waals surface area contributed by atoms with E-state index in [-0.39, 0.29) is 11.8 Å². The molecule has 0 saturated heterocycles. The van der Waals surface area contributed by atoms with Gasteiger partial charge >= 0.3 is 0 Å². The van der Waals surface area contributed by atoms with Crippen molar-refractivity contribution in [2.24, 2.45) is 17.8 Å². The summed E-state index contributed by atoms with van der Waals surface area (Å²) in [5, 5.41) is 12.2. The highest BCUT2D eigenvalue weighted by molar-refractivity contribution is 5.94. The van der Waals surface area contributed by atoms with Crippen LogP contribution < -0.4 is 5.32 Å². The molecule has 0 aromatic carbocycles. The first-order valence-electron chi connectivity index (χ1n) is 8.00. The Morgan fingerprint density at radius 2 is 2.14 bits per heavy atom. The Bertz CT molecular complexity index is 642. The van der Waals surface area contributed by atoms with Crippen LogP contribution in [0.5, 0.6) is 0 Å². The summed E-state index contributed by atoms with van der Waals surface area (Å²) in [7, 11) is 0. The first-order chi connectivity index (χ1) is 10.3. The van der Waals surface area contributed by atoms with Crippen molar-refractivity contribution in [3.8, 4) is 6.07 Å². The van der Waals surface area contributed by atoms with Crippen LogP contribution in [-0.2, 0) is 17.6 Å². The summed E-state index contributed by atoms with van der Waals surface area (Å²) in [6.07, 6.45) is 7.85. The molecule has 2 atom stereocenters. The minimum atomic E-state index is 0.0617. The fourth-order valence-electron chi connectivity index (χ4n) is 3.59. The van der Waals surface area contributed by atoms with Crippen molar-refractivity contribution >= 4 is 11.7 Å². The predicted octanol–water partition coefficient (Wildman–Crippen LogP) is 2.82. The summed E-state index contributed by atoms with van der Waals surface area (Å²) in [5.41, 5.74) is 2.75. The number of aryl methyl sites for hydroxylation is 2. The lowest BCUT2D eigenvalue weighted by Crippen LogP contribution is -2.18. The monoisotopic (exact) mass is 281 g/mol. The number of nitriles is 1. The number of pyridine rings is 1. The van der Waals surface area contributed by atoms with Crippen molar-refractivity contribution in [2.75, 3.05) is 5.32 Å². The molecule has 4 heteroatoms. The molecule has 1 N–H and O–H groups in total. The number of hydrogen-bond acceptors (Lipinski definition) is 3. The topological polar surface area (TPSA) is 65.8 Å². The lowest BCUT2D eigenvalue weighted by atomic mass is 9.95. The summed E-state index contributed by atoms with van der Waals surface area (Å²) in [6.45, 7) is 0. The summed E-state index contributed by atoms with van der Waals surface area (Å²) in [6, 6.07) is 4.10. The zero-order chi connectivity index (χ0) is 14.4. The molecular formula is C17H19N3O. The third-order valence-electron chi connectivity index (χ3n) is 5.07. The van der Waals surface area contributed by atoms with E-state index in [4.69, 9.17) is 0 Å². The largest absolute Gasteiger partial charge is 0.309 e. The third-order valence-corrected chi connectivity index (χ3v) is 5.07. The van der Waals surface area contributed by atoms with Crippen molar-refractivity contribution < 1.29 is 4.79 Å². The number of carbonyl (C=O) groups excluding carboxylic acids is 1. The van der Waals surface area contributed by atoms with E-state index in [1.54, 1.807) is 0 Å². The Morgan fingerprint density at radius 1 is 1.33 bits per heavy atom. The molecule has 1 amide bonds. The van der Waals surface area contributed by atoms with E-state index in [0.717, 1.165) is 43.7 Å². The molecular weight excluding hydrogens is 262 g/mol. The number of nitrogens with one attached hydrogen (secondary N) is 1. The maximum Gasteiger partial charge on any atom is 0.228 e. The smallest absolute Gasteiger partial charge is 0.228 e. The fourth-order valence-corrected chi connectivity index (χ4v) is 3.59. The van der Waals surface area contributed by atoms with E-state index in [0.29, 0.717) is 17.3 Å². The molecule has 4 nitrogen and oxygen atoms in total. The Morgan fingerprint density at radius 3 is 2.90 bits per heavy atom. The van der Waals surface area contributed by atoms with E-state index in [1.807, 2.05) is 6.07 Å². The van der Waals surface area contributed by atoms with Gasteiger partial charge in [-0.15, -0.1) is 0 Å². The van der Waals surface area contributed by atoms with Gasteiger partial charge in [0.2, 0.25) is 5.91 Å². The van der Waals surface area contributed by atoms with Crippen LogP contribution in [0.25, 0.3) is 0 Å². The number of fused-ring (bicyclic) bond motifs is 1. The molecule has 0 radical (unpaired) electrons. The van der Waals surface area contributed by atoms with Crippen LogP contribution in [-0.4, -0.2) is 10.9 Å². The van der Waals surface area contributed by atoms with Crippen molar-refractivity contribution in [1.82, 2.24) is 4.98 Å². The summed E-state index contributed by atoms with van der Waals surface area (Å²) in [5.74, 6) is 2.07. The molecule has 1 aromatic rings. The molecule has 0 unspecified atom stereocenters. The van der Waals surface area contributed by atoms with Gasteiger partial charge in [0.15, 0.2) is 5.82 Å². The van der Waals surface area contributed by atoms with E-state index in [2.05, 4.69) is 16.4 Å². The second-order valence-corrected chi connectivity index (χ2v) is 6.64. The number of amides is 1. The fraction of sp³-hybridized carbons (Fsp3) is 0.588. The summed E-state index contributed by atoms with van der Waals surface area (Å²) in [4.78, 5) is 16.9. The van der Waals surface area contributed by atoms with Gasteiger partial charge in [0, 0.05) is 11.6 Å². The van der Waals surface area contributed by atoms with E-state index < -0.39 is 0 Å². The first-order valence-corrected chi connectivity index (χ1v) is 8.00. The average molecular weight is 281 g/mol. The number of carbonyl (C=O) groups is 1. The van der Waals surface area contributed by atoms with Crippen molar-refractivity contribution in [2.45, 2.75) is 44.9 Å². The van der Waals surface area contributed by atoms with Crippen molar-refractivity contribution in [3.63, 3.8) is 0 Å². The van der Waals surface area contributed by atoms with Gasteiger partial charge in [0.1, 0.15) is 6.07 Å². The molecule has 3 aliphatic carbocycles. The maximum absolute atomic E-state index is 12.3. The molecule has 2 fully saturated rings. The van der Waals surface area contributed by atoms with Crippen LogP contribution >= 0.6 is 0 Å². The number of aromatic nitrogens is 1. The number of anilines is 1. The van der Waals surface area contributed by atoms with Crippen molar-refractivity contribution in [1.29, 1.82) is 5.26 Å². The van der Waals surface area contributed by atoms with E-state index in [9.17, 15) is 10.1 Å². The minimum absolute atomic E-state index is 0.0617. The second-order valence-electron chi connectivity index (χ2n) is 6.64. The molecule has 0 spiro atoms. The van der Waals surface area contributed by atoms with E-state index in [1.165, 1.54) is 18.4 Å². The minimum Gasteiger partial charge on any atom is -0.309 e. The van der Waals surface area contributed by atoms with Gasteiger partial charge < -0.3 is 5.32 Å². The lowest BCUT2D eigenvalue weighted by molar-refractivity contribution is -0.117. The molecule has 0 aliphatic heterocycles. The Kier molecular flexibility index (Phi) is 2.95. The van der Waals surface area contributed by atoms with Gasteiger partial charge in [-0.3, -0.25) is 4.79 Å². The lowest BCUT2D eigenvalue weighted by Gasteiger charge is -2.17. The van der Waals surface area contributed by atoms with Gasteiger partial charge in [-0.05, 0) is 68.4 Å². The highest BCUT2D eigenvalue weighted by Crippen LogP contribution is 2.54. The predicted molar refractivity (Wildman–Crippen MR) is 78.5 cm³/mol. The highest BCUT2D eigenvalue weighted by atomic mass is 16.2. The third kappa shape index (κ3) is 2.42. The summed E-state index contributed by atoms with van der Waals surface area (Å²) < 4.78 is 0. The summed E-state index contributed by atoms with van der Waals surface area (Å²) >= 11 is 0. The molecule has 21 heavy (non-hydrogen) atoms. The van der Waals surface area contributed by atoms with Gasteiger partial charge in [-0.2, -0.15) is 5.26 Å². The Hall–Kier alpha value is -1.89. The first kappa shape index (κ1) is 12.8. The molecule has 108 valence electrons. The zero-order valence-electron chi connectivity index (χ0n) is 12.1. The molecule has 4 rings (SSSR count). The van der Waals surface area contributed by atoms with Crippen LogP contribution in [0.15, 0.2) is 6.07 Å². The highest BCUT2D eigenvalue weighted by Gasteiger charge is 2.51. The standard InChI is InChI=1S/C17H19N3O/c18-9-12-7-11-3-1-2-4-15(11)19-16(12)20-17(21)14-8-13(14)10-5-6-10/h7,10,13-14H,1-6,8H2,(H,19,20,21)/t13-,14+/m1/s1. The van der Waals surface area contributed by atoms with Crippen LogP contribution in [0.4, 0.5) is 5.82 Å². The number of rotatable bonds is 3. The molecule has 1 heterocycles. The maximum atomic E-state index is 12.3. The number of nitrogens with zero attached hydrogens (tertiary/aromatic N) is 2. The molecule has 0 bridgehead atoms.